The summed E-state index contributed by atoms with van der Waals surface area (Å²) in [7, 11) is -3.73. The van der Waals surface area contributed by atoms with Gasteiger partial charge in [0.25, 0.3) is 5.91 Å². The van der Waals surface area contributed by atoms with Crippen molar-refractivity contribution in [2.45, 2.75) is 47.8 Å². The fraction of sp³-hybridized carbons (Fsp3) is 0.240. The highest BCUT2D eigenvalue weighted by Crippen LogP contribution is 2.40. The largest absolute Gasteiger partial charge is 0.505 e. The second kappa shape index (κ2) is 9.12. The first-order chi connectivity index (χ1) is 16.9. The average Bonchev–Trinajstić information content (AvgIpc) is 3.32. The molecular weight excluding hydrogens is 466 g/mol. The number of nitrogens with zero attached hydrogens (tertiary/aromatic N) is 3. The van der Waals surface area contributed by atoms with E-state index in [1.165, 1.54) is 35.1 Å². The number of sulfone groups is 1. The van der Waals surface area contributed by atoms with Crippen molar-refractivity contribution in [3.05, 3.63) is 71.8 Å². The van der Waals surface area contributed by atoms with Crippen LogP contribution in [0.5, 0.6) is 5.75 Å². The van der Waals surface area contributed by atoms with E-state index in [-0.39, 0.29) is 32.7 Å². The molecule has 1 aliphatic carbocycles. The molecule has 1 saturated carbocycles. The topological polar surface area (TPSA) is 140 Å². The molecule has 0 bridgehead atoms. The predicted octanol–water partition coefficient (Wildman–Crippen LogP) is 3.61. The zero-order chi connectivity index (χ0) is 24.6. The molecule has 1 aliphatic rings. The van der Waals surface area contributed by atoms with Crippen LogP contribution in [-0.2, 0) is 9.84 Å². The number of phenolic OH excluding ortho intramolecular Hbond substituents is 1. The van der Waals surface area contributed by atoms with E-state index in [0.29, 0.717) is 16.6 Å². The van der Waals surface area contributed by atoms with Gasteiger partial charge in [-0.25, -0.2) is 14.3 Å². The number of aromatic nitrogens is 3. The van der Waals surface area contributed by atoms with Gasteiger partial charge in [-0.15, -0.1) is 15.0 Å². The summed E-state index contributed by atoms with van der Waals surface area (Å²) in [4.78, 5) is 13.9. The third-order valence-electron chi connectivity index (χ3n) is 6.49. The number of amides is 1. The van der Waals surface area contributed by atoms with Gasteiger partial charge in [0.1, 0.15) is 22.5 Å². The molecule has 35 heavy (non-hydrogen) atoms. The minimum absolute atomic E-state index is 0.00269. The van der Waals surface area contributed by atoms with Crippen molar-refractivity contribution in [3.8, 4) is 11.4 Å². The summed E-state index contributed by atoms with van der Waals surface area (Å²) in [6.45, 7) is 0. The van der Waals surface area contributed by atoms with E-state index in [0.717, 1.165) is 32.1 Å². The molecule has 3 aromatic carbocycles. The molecule has 1 heterocycles. The van der Waals surface area contributed by atoms with Crippen molar-refractivity contribution >= 4 is 26.8 Å². The molecule has 1 amide bonds. The van der Waals surface area contributed by atoms with Gasteiger partial charge < -0.3 is 5.11 Å². The molecule has 0 radical (unpaired) electrons. The highest BCUT2D eigenvalue weighted by Gasteiger charge is 2.25. The summed E-state index contributed by atoms with van der Waals surface area (Å²) in [5, 5.41) is 20.1. The second-order valence-corrected chi connectivity index (χ2v) is 10.6. The van der Waals surface area contributed by atoms with Crippen molar-refractivity contribution in [2.24, 2.45) is 5.84 Å². The van der Waals surface area contributed by atoms with Crippen molar-refractivity contribution in [1.82, 2.24) is 20.4 Å². The van der Waals surface area contributed by atoms with Gasteiger partial charge >= 0.3 is 0 Å². The van der Waals surface area contributed by atoms with Crippen LogP contribution in [0.25, 0.3) is 16.7 Å². The molecule has 5 rings (SSSR count). The summed E-state index contributed by atoms with van der Waals surface area (Å²) in [5.74, 6) is 4.99. The molecule has 1 fully saturated rings. The van der Waals surface area contributed by atoms with Gasteiger partial charge in [0.15, 0.2) is 0 Å². The number of hydrazine groups is 1. The van der Waals surface area contributed by atoms with E-state index in [2.05, 4.69) is 15.6 Å². The van der Waals surface area contributed by atoms with Crippen LogP contribution in [0, 0.1) is 0 Å². The lowest BCUT2D eigenvalue weighted by molar-refractivity contribution is 0.0953. The average molecular weight is 492 g/mol. The molecule has 0 atom stereocenters. The Kier molecular flexibility index (Phi) is 6.00. The van der Waals surface area contributed by atoms with E-state index in [4.69, 9.17) is 5.84 Å². The van der Waals surface area contributed by atoms with Gasteiger partial charge in [0, 0.05) is 11.1 Å². The summed E-state index contributed by atoms with van der Waals surface area (Å²) in [6, 6.07) is 15.8. The predicted molar refractivity (Wildman–Crippen MR) is 130 cm³/mol. The van der Waals surface area contributed by atoms with Gasteiger partial charge in [-0.05, 0) is 61.2 Å². The Morgan fingerprint density at radius 2 is 1.66 bits per heavy atom. The van der Waals surface area contributed by atoms with Crippen LogP contribution < -0.4 is 11.3 Å². The first-order valence-corrected chi connectivity index (χ1v) is 12.9. The number of nitrogens with two attached hydrogens (primary N) is 1. The number of phenols is 1. The van der Waals surface area contributed by atoms with Crippen LogP contribution >= 0.6 is 0 Å². The molecule has 9 nitrogen and oxygen atoms in total. The Hall–Kier alpha value is -3.76. The number of benzene rings is 3. The minimum atomic E-state index is -3.73. The van der Waals surface area contributed by atoms with Crippen LogP contribution in [0.1, 0.15) is 53.9 Å². The van der Waals surface area contributed by atoms with Crippen LogP contribution in [0.2, 0.25) is 0 Å². The fourth-order valence-corrected chi connectivity index (χ4v) is 5.94. The first-order valence-electron chi connectivity index (χ1n) is 11.4. The van der Waals surface area contributed by atoms with E-state index in [1.807, 2.05) is 0 Å². The molecule has 4 aromatic rings. The van der Waals surface area contributed by atoms with Crippen molar-refractivity contribution in [3.63, 3.8) is 0 Å². The number of hydrogen-bond acceptors (Lipinski definition) is 7. The Morgan fingerprint density at radius 3 is 2.37 bits per heavy atom. The lowest BCUT2D eigenvalue weighted by Gasteiger charge is -2.24. The minimum Gasteiger partial charge on any atom is -0.505 e. The van der Waals surface area contributed by atoms with Crippen molar-refractivity contribution in [1.29, 1.82) is 0 Å². The monoisotopic (exact) mass is 491 g/mol. The SMILES string of the molecule is NNC(=O)c1cc(C2CCCCC2)c(O)c(-n2nc3ccc(S(=O)(=O)c4ccccc4)cc3n2)c1. The Morgan fingerprint density at radius 1 is 0.943 bits per heavy atom. The summed E-state index contributed by atoms with van der Waals surface area (Å²) >= 11 is 0. The lowest BCUT2D eigenvalue weighted by atomic mass is 9.83. The molecule has 4 N–H and O–H groups in total. The molecule has 0 unspecified atom stereocenters. The number of nitrogens with one attached hydrogen (secondary N) is 1. The number of carbonyl (C=O) groups excluding carboxylic acids is 1. The lowest BCUT2D eigenvalue weighted by Crippen LogP contribution is -2.30. The maximum atomic E-state index is 13.0. The third-order valence-corrected chi connectivity index (χ3v) is 8.26. The van der Waals surface area contributed by atoms with Gasteiger partial charge in [0.05, 0.1) is 9.79 Å². The smallest absolute Gasteiger partial charge is 0.265 e. The zero-order valence-corrected chi connectivity index (χ0v) is 19.7. The quantitative estimate of drug-likeness (QED) is 0.220. The second-order valence-electron chi connectivity index (χ2n) is 8.70. The fourth-order valence-electron chi connectivity index (χ4n) is 4.64. The first kappa shape index (κ1) is 23.0. The molecule has 10 heteroatoms. The Labute approximate surface area is 202 Å². The van der Waals surface area contributed by atoms with Crippen LogP contribution in [0.3, 0.4) is 0 Å². The molecule has 180 valence electrons. The molecule has 0 saturated heterocycles. The number of rotatable bonds is 5. The van der Waals surface area contributed by atoms with Crippen LogP contribution in [-0.4, -0.2) is 34.4 Å². The molecule has 0 spiro atoms. The van der Waals surface area contributed by atoms with Gasteiger partial charge in [-0.3, -0.25) is 10.2 Å². The number of carbonyl (C=O) groups is 1. The molecular formula is C25H25N5O4S. The van der Waals surface area contributed by atoms with E-state index in [1.54, 1.807) is 30.3 Å². The number of fused-ring (bicyclic) bond motifs is 1. The Balaban J connectivity index is 1.61. The van der Waals surface area contributed by atoms with Gasteiger partial charge in [-0.2, -0.15) is 0 Å². The normalized spacial score (nSPS) is 14.8. The van der Waals surface area contributed by atoms with E-state index in [9.17, 15) is 18.3 Å². The van der Waals surface area contributed by atoms with E-state index >= 15 is 0 Å². The Bertz CT molecular complexity index is 1510. The molecule has 1 aromatic heterocycles. The number of hydrogen-bond donors (Lipinski definition) is 3. The summed E-state index contributed by atoms with van der Waals surface area (Å²) in [5.41, 5.74) is 4.11. The van der Waals surface area contributed by atoms with Gasteiger partial charge in [-0.1, -0.05) is 37.5 Å². The highest BCUT2D eigenvalue weighted by molar-refractivity contribution is 7.91. The van der Waals surface area contributed by atoms with E-state index < -0.39 is 15.7 Å². The van der Waals surface area contributed by atoms with Crippen molar-refractivity contribution in [2.75, 3.05) is 0 Å². The highest BCUT2D eigenvalue weighted by atomic mass is 32.2. The number of aromatic hydroxyl groups is 1. The third kappa shape index (κ3) is 4.26. The molecule has 0 aliphatic heterocycles. The van der Waals surface area contributed by atoms with Gasteiger partial charge in [0.2, 0.25) is 9.84 Å². The summed E-state index contributed by atoms with van der Waals surface area (Å²) < 4.78 is 26.1. The zero-order valence-electron chi connectivity index (χ0n) is 18.9. The maximum absolute atomic E-state index is 13.0. The van der Waals surface area contributed by atoms with Crippen molar-refractivity contribution < 1.29 is 18.3 Å². The standard InChI is InChI=1S/C25H25N5O4S/c26-27-25(32)17-13-20(16-7-3-1-4-8-16)24(31)23(14-17)30-28-21-12-11-19(15-22(21)29-30)35(33,34)18-9-5-2-6-10-18/h2,5-6,9-16,31H,1,3-4,7-8,26H2,(H,27,32). The van der Waals surface area contributed by atoms with Crippen LogP contribution in [0.4, 0.5) is 0 Å². The maximum Gasteiger partial charge on any atom is 0.265 e. The number of nitrogen functional groups attached to an aromatic ring is 1. The summed E-state index contributed by atoms with van der Waals surface area (Å²) in [6.07, 6.45) is 5.07. The van der Waals surface area contributed by atoms with Crippen LogP contribution in [0.15, 0.2) is 70.5 Å².